The van der Waals surface area contributed by atoms with Crippen LogP contribution in [0.5, 0.6) is 0 Å². The van der Waals surface area contributed by atoms with Crippen molar-refractivity contribution in [1.82, 2.24) is 0 Å². The molecule has 1 rings (SSSR count). The number of nitrogens with two attached hydrogens (primary N) is 1. The zero-order valence-corrected chi connectivity index (χ0v) is 8.49. The Balaban J connectivity index is 2.77. The Hall–Kier alpha value is -1.60. The highest BCUT2D eigenvalue weighted by atomic mass is 32.2. The van der Waals surface area contributed by atoms with Gasteiger partial charge in [0.25, 0.3) is 10.2 Å². The lowest BCUT2D eigenvalue weighted by Gasteiger charge is -2.03. The van der Waals surface area contributed by atoms with Crippen LogP contribution in [-0.4, -0.2) is 19.5 Å². The molecule has 0 spiro atoms. The van der Waals surface area contributed by atoms with Gasteiger partial charge in [0.2, 0.25) is 0 Å². The molecular formula is C8H10N2O4S. The molecule has 0 aliphatic carbocycles. The maximum atomic E-state index is 10.6. The molecular weight excluding hydrogens is 220 g/mol. The van der Waals surface area contributed by atoms with Gasteiger partial charge >= 0.3 is 5.97 Å². The molecule has 4 N–H and O–H groups in total. The van der Waals surface area contributed by atoms with Crippen molar-refractivity contribution in [2.75, 3.05) is 4.72 Å². The lowest BCUT2D eigenvalue weighted by molar-refractivity contribution is -0.136. The molecule has 6 nitrogen and oxygen atoms in total. The first-order chi connectivity index (χ1) is 6.87. The molecule has 0 heterocycles. The molecule has 0 aliphatic rings. The third kappa shape index (κ3) is 4.43. The Bertz CT molecular complexity index is 452. The third-order valence-corrected chi connectivity index (χ3v) is 2.09. The van der Waals surface area contributed by atoms with E-state index in [9.17, 15) is 13.2 Å². The van der Waals surface area contributed by atoms with E-state index in [0.29, 0.717) is 11.3 Å². The predicted octanol–water partition coefficient (Wildman–Crippen LogP) is -0.0709. The molecule has 0 atom stereocenters. The predicted molar refractivity (Wildman–Crippen MR) is 54.5 cm³/mol. The minimum absolute atomic E-state index is 0.102. The lowest BCUT2D eigenvalue weighted by atomic mass is 10.1. The highest BCUT2D eigenvalue weighted by Crippen LogP contribution is 2.10. The van der Waals surface area contributed by atoms with E-state index in [1.807, 2.05) is 0 Å². The number of benzene rings is 1. The summed E-state index contributed by atoms with van der Waals surface area (Å²) in [7, 11) is -3.78. The minimum atomic E-state index is -3.78. The minimum Gasteiger partial charge on any atom is -0.481 e. The topological polar surface area (TPSA) is 109 Å². The fourth-order valence-corrected chi connectivity index (χ4v) is 1.49. The average molecular weight is 230 g/mol. The quantitative estimate of drug-likeness (QED) is 0.672. The molecule has 1 aromatic rings. The molecule has 0 unspecified atom stereocenters. The van der Waals surface area contributed by atoms with E-state index in [1.54, 1.807) is 0 Å². The first kappa shape index (κ1) is 11.5. The van der Waals surface area contributed by atoms with Crippen molar-refractivity contribution in [1.29, 1.82) is 0 Å². The smallest absolute Gasteiger partial charge is 0.307 e. The summed E-state index contributed by atoms with van der Waals surface area (Å²) in [5.41, 5.74) is 0.883. The van der Waals surface area contributed by atoms with Crippen LogP contribution < -0.4 is 9.86 Å². The van der Waals surface area contributed by atoms with Gasteiger partial charge in [-0.15, -0.1) is 0 Å². The molecule has 0 aromatic heterocycles. The Labute approximate surface area is 86.9 Å². The molecule has 0 amide bonds. The number of aliphatic carboxylic acids is 1. The van der Waals surface area contributed by atoms with Gasteiger partial charge in [-0.2, -0.15) is 8.42 Å². The lowest BCUT2D eigenvalue weighted by Crippen LogP contribution is -2.21. The largest absolute Gasteiger partial charge is 0.481 e. The number of rotatable bonds is 4. The van der Waals surface area contributed by atoms with Gasteiger partial charge in [-0.05, 0) is 17.7 Å². The number of hydrogen-bond acceptors (Lipinski definition) is 3. The second kappa shape index (κ2) is 4.28. The van der Waals surface area contributed by atoms with Gasteiger partial charge in [-0.3, -0.25) is 9.52 Å². The summed E-state index contributed by atoms with van der Waals surface area (Å²) in [4.78, 5) is 10.4. The van der Waals surface area contributed by atoms with Gasteiger partial charge < -0.3 is 5.11 Å². The van der Waals surface area contributed by atoms with Crippen LogP contribution in [0.15, 0.2) is 24.3 Å². The van der Waals surface area contributed by atoms with Crippen molar-refractivity contribution in [2.45, 2.75) is 6.42 Å². The number of carbonyl (C=O) groups is 1. The molecule has 0 radical (unpaired) electrons. The summed E-state index contributed by atoms with van der Waals surface area (Å²) in [5.74, 6) is -0.942. The second-order valence-corrected chi connectivity index (χ2v) is 4.21. The van der Waals surface area contributed by atoms with Gasteiger partial charge in [-0.25, -0.2) is 5.14 Å². The molecule has 15 heavy (non-hydrogen) atoms. The first-order valence-electron chi connectivity index (χ1n) is 3.98. The number of anilines is 1. The molecule has 0 bridgehead atoms. The molecule has 1 aromatic carbocycles. The fourth-order valence-electron chi connectivity index (χ4n) is 1.03. The highest BCUT2D eigenvalue weighted by Gasteiger charge is 2.03. The number of carboxylic acid groups (broad SMARTS) is 1. The van der Waals surface area contributed by atoms with E-state index < -0.39 is 16.2 Å². The van der Waals surface area contributed by atoms with Crippen molar-refractivity contribution < 1.29 is 18.3 Å². The van der Waals surface area contributed by atoms with E-state index in [-0.39, 0.29) is 6.42 Å². The van der Waals surface area contributed by atoms with Crippen molar-refractivity contribution in [2.24, 2.45) is 5.14 Å². The summed E-state index contributed by atoms with van der Waals surface area (Å²) in [6, 6.07) is 5.93. The molecule has 0 fully saturated rings. The van der Waals surface area contributed by atoms with Crippen LogP contribution in [0.1, 0.15) is 5.56 Å². The summed E-state index contributed by atoms with van der Waals surface area (Å²) < 4.78 is 23.3. The maximum Gasteiger partial charge on any atom is 0.307 e. The monoisotopic (exact) mass is 230 g/mol. The normalized spacial score (nSPS) is 11.0. The second-order valence-electron chi connectivity index (χ2n) is 2.91. The Morgan fingerprint density at radius 3 is 2.27 bits per heavy atom. The SMILES string of the molecule is NS(=O)(=O)Nc1ccc(CC(=O)O)cc1. The van der Waals surface area contributed by atoms with Crippen molar-refractivity contribution in [3.8, 4) is 0 Å². The van der Waals surface area contributed by atoms with Crippen LogP contribution in [0.3, 0.4) is 0 Å². The maximum absolute atomic E-state index is 10.6. The van der Waals surface area contributed by atoms with Crippen LogP contribution in [0.2, 0.25) is 0 Å². The standard InChI is InChI=1S/C8H10N2O4S/c9-15(13,14)10-7-3-1-6(2-4-7)5-8(11)12/h1-4,10H,5H2,(H,11,12)(H2,9,13,14). The van der Waals surface area contributed by atoms with E-state index >= 15 is 0 Å². The van der Waals surface area contributed by atoms with Gasteiger partial charge in [0.15, 0.2) is 0 Å². The van der Waals surface area contributed by atoms with Crippen LogP contribution in [0.25, 0.3) is 0 Å². The van der Waals surface area contributed by atoms with Crippen molar-refractivity contribution >= 4 is 21.9 Å². The molecule has 0 saturated carbocycles. The van der Waals surface area contributed by atoms with Gasteiger partial charge in [0.1, 0.15) is 0 Å². The molecule has 82 valence electrons. The molecule has 0 saturated heterocycles. The zero-order valence-electron chi connectivity index (χ0n) is 7.67. The van der Waals surface area contributed by atoms with Crippen LogP contribution in [0, 0.1) is 0 Å². The number of hydrogen-bond donors (Lipinski definition) is 3. The van der Waals surface area contributed by atoms with Crippen molar-refractivity contribution in [3.63, 3.8) is 0 Å². The Morgan fingerprint density at radius 2 is 1.87 bits per heavy atom. The van der Waals surface area contributed by atoms with Crippen molar-refractivity contribution in [3.05, 3.63) is 29.8 Å². The Kier molecular flexibility index (Phi) is 3.28. The summed E-state index contributed by atoms with van der Waals surface area (Å²) >= 11 is 0. The summed E-state index contributed by atoms with van der Waals surface area (Å²) in [6.45, 7) is 0. The summed E-state index contributed by atoms with van der Waals surface area (Å²) in [6.07, 6.45) is -0.102. The van der Waals surface area contributed by atoms with E-state index in [1.165, 1.54) is 24.3 Å². The van der Waals surface area contributed by atoms with Crippen LogP contribution in [0.4, 0.5) is 5.69 Å². The van der Waals surface area contributed by atoms with Gasteiger partial charge in [0, 0.05) is 5.69 Å². The van der Waals surface area contributed by atoms with Gasteiger partial charge in [0.05, 0.1) is 6.42 Å². The van der Waals surface area contributed by atoms with E-state index in [4.69, 9.17) is 10.2 Å². The number of nitrogens with one attached hydrogen (secondary N) is 1. The zero-order chi connectivity index (χ0) is 11.5. The molecule has 7 heteroatoms. The van der Waals surface area contributed by atoms with E-state index in [2.05, 4.69) is 4.72 Å². The van der Waals surface area contributed by atoms with Crippen LogP contribution in [-0.2, 0) is 21.4 Å². The number of carboxylic acids is 1. The molecule has 0 aliphatic heterocycles. The summed E-state index contributed by atoms with van der Waals surface area (Å²) in [5, 5.41) is 13.2. The van der Waals surface area contributed by atoms with E-state index in [0.717, 1.165) is 0 Å². The highest BCUT2D eigenvalue weighted by molar-refractivity contribution is 7.90. The Morgan fingerprint density at radius 1 is 1.33 bits per heavy atom. The average Bonchev–Trinajstić information content (AvgIpc) is 2.05. The fraction of sp³-hybridized carbons (Fsp3) is 0.125. The van der Waals surface area contributed by atoms with Gasteiger partial charge in [-0.1, -0.05) is 12.1 Å². The first-order valence-corrected chi connectivity index (χ1v) is 5.53. The van der Waals surface area contributed by atoms with Crippen LogP contribution >= 0.6 is 0 Å². The third-order valence-electron chi connectivity index (χ3n) is 1.57.